The standard InChI is InChI=1S/C8H10/c1-2-5-8-6-3-4-7-8/h2,5,8H,3,6H2,1H3/b5-2-. The third kappa shape index (κ3) is 1.13. The van der Waals surface area contributed by atoms with Gasteiger partial charge in [0.2, 0.25) is 0 Å². The van der Waals surface area contributed by atoms with Crippen LogP contribution in [0.15, 0.2) is 12.2 Å². The molecular weight excluding hydrogens is 96.1 g/mol. The van der Waals surface area contributed by atoms with Gasteiger partial charge >= 0.3 is 0 Å². The van der Waals surface area contributed by atoms with E-state index < -0.39 is 0 Å². The van der Waals surface area contributed by atoms with E-state index in [1.54, 1.807) is 0 Å². The normalized spacial score (nSPS) is 25.9. The summed E-state index contributed by atoms with van der Waals surface area (Å²) in [5.74, 6) is 6.75. The van der Waals surface area contributed by atoms with Crippen LogP contribution in [0.5, 0.6) is 0 Å². The van der Waals surface area contributed by atoms with E-state index in [0.717, 1.165) is 6.42 Å². The minimum Gasteiger partial charge on any atom is -0.103 e. The van der Waals surface area contributed by atoms with Crippen LogP contribution in [-0.2, 0) is 0 Å². The molecule has 1 aliphatic carbocycles. The van der Waals surface area contributed by atoms with E-state index in [1.165, 1.54) is 6.42 Å². The van der Waals surface area contributed by atoms with Crippen LogP contribution in [0.1, 0.15) is 19.8 Å². The maximum Gasteiger partial charge on any atom is 0.0391 e. The van der Waals surface area contributed by atoms with E-state index in [9.17, 15) is 0 Å². The average Bonchev–Trinajstić information content (AvgIpc) is 2.19. The monoisotopic (exact) mass is 106 g/mol. The molecule has 0 nitrogen and oxygen atoms in total. The number of hydrogen-bond acceptors (Lipinski definition) is 0. The van der Waals surface area contributed by atoms with Crippen molar-refractivity contribution >= 4 is 0 Å². The van der Waals surface area contributed by atoms with E-state index >= 15 is 0 Å². The molecule has 0 saturated carbocycles. The zero-order valence-electron chi connectivity index (χ0n) is 5.15. The Labute approximate surface area is 50.6 Å². The molecule has 0 aromatic heterocycles. The van der Waals surface area contributed by atoms with Crippen LogP contribution in [-0.4, -0.2) is 0 Å². The van der Waals surface area contributed by atoms with Crippen molar-refractivity contribution in [1.29, 1.82) is 0 Å². The van der Waals surface area contributed by atoms with Crippen LogP contribution >= 0.6 is 0 Å². The highest BCUT2D eigenvalue weighted by Crippen LogP contribution is 2.11. The van der Waals surface area contributed by atoms with E-state index in [0.29, 0.717) is 5.92 Å². The zero-order valence-corrected chi connectivity index (χ0v) is 5.15. The van der Waals surface area contributed by atoms with E-state index in [-0.39, 0.29) is 0 Å². The summed E-state index contributed by atoms with van der Waals surface area (Å²) >= 11 is 0. The maximum atomic E-state index is 3.12. The first-order valence-corrected chi connectivity index (χ1v) is 3.04. The summed E-state index contributed by atoms with van der Waals surface area (Å²) in [5.41, 5.74) is 0. The Kier molecular flexibility index (Phi) is 1.75. The fourth-order valence-corrected chi connectivity index (χ4v) is 0.880. The van der Waals surface area contributed by atoms with Crippen LogP contribution < -0.4 is 0 Å². The lowest BCUT2D eigenvalue weighted by molar-refractivity contribution is 0.784. The Bertz CT molecular complexity index is 143. The van der Waals surface area contributed by atoms with Gasteiger partial charge in [-0.05, 0) is 13.3 Å². The van der Waals surface area contributed by atoms with Crippen LogP contribution in [0, 0.1) is 17.8 Å². The molecule has 0 spiro atoms. The smallest absolute Gasteiger partial charge is 0.0391 e. The molecule has 0 aliphatic heterocycles. The molecule has 0 fully saturated rings. The minimum atomic E-state index is 0.569. The van der Waals surface area contributed by atoms with Crippen molar-refractivity contribution in [3.8, 4) is 11.8 Å². The van der Waals surface area contributed by atoms with Crippen molar-refractivity contribution in [2.24, 2.45) is 5.92 Å². The van der Waals surface area contributed by atoms with Gasteiger partial charge in [-0.1, -0.05) is 18.1 Å². The molecule has 1 rings (SSSR count). The van der Waals surface area contributed by atoms with Crippen LogP contribution in [0.2, 0.25) is 0 Å². The summed E-state index contributed by atoms with van der Waals surface area (Å²) in [6.07, 6.45) is 6.55. The van der Waals surface area contributed by atoms with E-state index in [2.05, 4.69) is 24.0 Å². The van der Waals surface area contributed by atoms with Gasteiger partial charge in [0.15, 0.2) is 0 Å². The Morgan fingerprint density at radius 2 is 2.50 bits per heavy atom. The van der Waals surface area contributed by atoms with Crippen molar-refractivity contribution in [2.45, 2.75) is 19.8 Å². The summed E-state index contributed by atoms with van der Waals surface area (Å²) in [6.45, 7) is 2.04. The molecule has 0 heterocycles. The summed E-state index contributed by atoms with van der Waals surface area (Å²) in [4.78, 5) is 0. The maximum absolute atomic E-state index is 3.12. The average molecular weight is 106 g/mol. The van der Waals surface area contributed by atoms with Gasteiger partial charge in [0.25, 0.3) is 0 Å². The molecule has 1 unspecified atom stereocenters. The molecule has 0 aromatic carbocycles. The number of rotatable bonds is 1. The lowest BCUT2D eigenvalue weighted by atomic mass is 10.1. The second-order valence-electron chi connectivity index (χ2n) is 1.99. The van der Waals surface area contributed by atoms with Crippen LogP contribution in [0.25, 0.3) is 0 Å². The summed E-state index contributed by atoms with van der Waals surface area (Å²) in [6, 6.07) is 0. The van der Waals surface area contributed by atoms with Gasteiger partial charge in [-0.2, -0.15) is 0 Å². The Hall–Kier alpha value is -0.700. The van der Waals surface area contributed by atoms with Crippen molar-refractivity contribution < 1.29 is 0 Å². The second-order valence-corrected chi connectivity index (χ2v) is 1.99. The van der Waals surface area contributed by atoms with Crippen molar-refractivity contribution in [2.75, 3.05) is 0 Å². The molecule has 0 saturated heterocycles. The first-order valence-electron chi connectivity index (χ1n) is 3.04. The van der Waals surface area contributed by atoms with Gasteiger partial charge in [-0.15, -0.1) is 5.92 Å². The molecule has 42 valence electrons. The second kappa shape index (κ2) is 2.57. The Balaban J connectivity index is 2.41. The molecule has 8 heavy (non-hydrogen) atoms. The summed E-state index contributed by atoms with van der Waals surface area (Å²) in [5, 5.41) is 0. The van der Waals surface area contributed by atoms with Gasteiger partial charge in [0, 0.05) is 12.3 Å². The Morgan fingerprint density at radius 1 is 1.62 bits per heavy atom. The minimum absolute atomic E-state index is 0.569. The molecule has 1 aliphatic rings. The Morgan fingerprint density at radius 3 is 3.00 bits per heavy atom. The molecule has 0 N–H and O–H groups in total. The number of allylic oxidation sites excluding steroid dienone is 2. The van der Waals surface area contributed by atoms with Gasteiger partial charge in [-0.25, -0.2) is 0 Å². The quantitative estimate of drug-likeness (QED) is 0.354. The van der Waals surface area contributed by atoms with Crippen molar-refractivity contribution in [3.63, 3.8) is 0 Å². The fraction of sp³-hybridized carbons (Fsp3) is 0.500. The highest BCUT2D eigenvalue weighted by molar-refractivity contribution is 5.16. The van der Waals surface area contributed by atoms with E-state index in [4.69, 9.17) is 0 Å². The van der Waals surface area contributed by atoms with Crippen LogP contribution in [0.3, 0.4) is 0 Å². The molecule has 0 bridgehead atoms. The van der Waals surface area contributed by atoms with Gasteiger partial charge in [0.1, 0.15) is 0 Å². The third-order valence-electron chi connectivity index (χ3n) is 1.29. The third-order valence-corrected chi connectivity index (χ3v) is 1.29. The highest BCUT2D eigenvalue weighted by Gasteiger charge is 2.01. The van der Waals surface area contributed by atoms with Gasteiger partial charge < -0.3 is 0 Å². The molecular formula is C8H10. The molecule has 0 aromatic rings. The van der Waals surface area contributed by atoms with Crippen molar-refractivity contribution in [3.05, 3.63) is 12.2 Å². The fourth-order valence-electron chi connectivity index (χ4n) is 0.880. The molecule has 1 atom stereocenters. The predicted molar refractivity (Wildman–Crippen MR) is 35.3 cm³/mol. The SMILES string of the molecule is C/C=C\C1C#CCC1. The first kappa shape index (κ1) is 5.44. The number of hydrogen-bond donors (Lipinski definition) is 0. The first-order chi connectivity index (χ1) is 3.93. The summed E-state index contributed by atoms with van der Waals surface area (Å²) in [7, 11) is 0. The lowest BCUT2D eigenvalue weighted by Crippen LogP contribution is -1.83. The lowest BCUT2D eigenvalue weighted by Gasteiger charge is -1.92. The zero-order chi connectivity index (χ0) is 5.82. The van der Waals surface area contributed by atoms with Crippen LogP contribution in [0.4, 0.5) is 0 Å². The molecule has 0 heteroatoms. The van der Waals surface area contributed by atoms with Gasteiger partial charge in [-0.3, -0.25) is 0 Å². The summed E-state index contributed by atoms with van der Waals surface area (Å²) < 4.78 is 0. The molecule has 0 radical (unpaired) electrons. The topological polar surface area (TPSA) is 0 Å². The van der Waals surface area contributed by atoms with Gasteiger partial charge in [0.05, 0.1) is 0 Å². The van der Waals surface area contributed by atoms with Crippen molar-refractivity contribution in [1.82, 2.24) is 0 Å². The predicted octanol–water partition coefficient (Wildman–Crippen LogP) is 1.98. The molecule has 0 amide bonds. The van der Waals surface area contributed by atoms with E-state index in [1.807, 2.05) is 6.92 Å². The highest BCUT2D eigenvalue weighted by atomic mass is 14.0. The largest absolute Gasteiger partial charge is 0.103 e.